The van der Waals surface area contributed by atoms with Crippen molar-refractivity contribution in [2.24, 2.45) is 0 Å². The fraction of sp³-hybridized carbons (Fsp3) is 0.364. The zero-order valence-electron chi connectivity index (χ0n) is 17.6. The molecule has 0 bridgehead atoms. The van der Waals surface area contributed by atoms with E-state index in [-0.39, 0.29) is 18.4 Å². The van der Waals surface area contributed by atoms with Crippen molar-refractivity contribution < 1.29 is 23.7 Å². The van der Waals surface area contributed by atoms with Crippen molar-refractivity contribution in [3.63, 3.8) is 0 Å². The fourth-order valence-corrected chi connectivity index (χ4v) is 2.89. The van der Waals surface area contributed by atoms with E-state index in [9.17, 15) is 9.50 Å². The Kier molecular flexibility index (Phi) is 8.34. The first-order valence-corrected chi connectivity index (χ1v) is 10.1. The molecule has 0 aliphatic carbocycles. The summed E-state index contributed by atoms with van der Waals surface area (Å²) in [5, 5.41) is 17.4. The molecule has 2 N–H and O–H groups in total. The van der Waals surface area contributed by atoms with Gasteiger partial charge in [0.25, 0.3) is 0 Å². The molecule has 0 amide bonds. The molecule has 1 unspecified atom stereocenters. The van der Waals surface area contributed by atoms with Gasteiger partial charge in [-0.1, -0.05) is 12.1 Å². The van der Waals surface area contributed by atoms with Gasteiger partial charge >= 0.3 is 6.01 Å². The first kappa shape index (κ1) is 22.7. The van der Waals surface area contributed by atoms with E-state index in [2.05, 4.69) is 15.4 Å². The average molecular weight is 430 g/mol. The van der Waals surface area contributed by atoms with E-state index in [1.165, 1.54) is 12.1 Å². The summed E-state index contributed by atoms with van der Waals surface area (Å²) in [5.41, 5.74) is 2.14. The second-order valence-corrected chi connectivity index (χ2v) is 6.72. The highest BCUT2D eigenvalue weighted by Crippen LogP contribution is 2.25. The van der Waals surface area contributed by atoms with E-state index < -0.39 is 6.10 Å². The van der Waals surface area contributed by atoms with Crippen molar-refractivity contribution in [2.75, 3.05) is 45.4 Å². The lowest BCUT2D eigenvalue weighted by molar-refractivity contribution is 0.0727. The minimum atomic E-state index is -0.601. The summed E-state index contributed by atoms with van der Waals surface area (Å²) in [4.78, 5) is 4.44. The molecule has 0 saturated heterocycles. The summed E-state index contributed by atoms with van der Waals surface area (Å²) in [6, 6.07) is 13.8. The van der Waals surface area contributed by atoms with Gasteiger partial charge in [-0.05, 0) is 43.3 Å². The van der Waals surface area contributed by atoms with Gasteiger partial charge in [-0.2, -0.15) is 4.98 Å². The molecule has 0 fully saturated rings. The van der Waals surface area contributed by atoms with Crippen LogP contribution in [0.15, 0.2) is 48.5 Å². The number of benzene rings is 2. The van der Waals surface area contributed by atoms with Crippen LogP contribution in [0, 0.1) is 5.82 Å². The molecule has 3 rings (SSSR count). The highest BCUT2D eigenvalue weighted by molar-refractivity contribution is 5.59. The number of aliphatic hydroxyl groups excluding tert-OH is 1. The molecule has 1 atom stereocenters. The van der Waals surface area contributed by atoms with E-state index in [0.717, 1.165) is 11.4 Å². The highest BCUT2D eigenvalue weighted by atomic mass is 19.1. The third kappa shape index (κ3) is 6.48. The number of rotatable bonds is 12. The fourth-order valence-electron chi connectivity index (χ4n) is 2.89. The number of hydrogen-bond acceptors (Lipinski definition) is 7. The topological polar surface area (TPSA) is 90.7 Å². The van der Waals surface area contributed by atoms with Gasteiger partial charge in [0.05, 0.1) is 25.0 Å². The lowest BCUT2D eigenvalue weighted by atomic mass is 10.2. The van der Waals surface area contributed by atoms with Crippen LogP contribution in [0.4, 0.5) is 10.1 Å². The summed E-state index contributed by atoms with van der Waals surface area (Å²) >= 11 is 0. The Labute approximate surface area is 180 Å². The maximum Gasteiger partial charge on any atom is 0.336 e. The Hall–Kier alpha value is -3.01. The minimum Gasteiger partial charge on any atom is -0.460 e. The van der Waals surface area contributed by atoms with Crippen molar-refractivity contribution in [1.29, 1.82) is 0 Å². The van der Waals surface area contributed by atoms with Gasteiger partial charge < -0.3 is 24.6 Å². The third-order valence-corrected chi connectivity index (χ3v) is 4.35. The standard InChI is InChI=1S/C22H27FN4O4/c1-3-30-11-12-31-22-25-21(16-5-4-6-17(23)13-16)27(26-22)19-9-7-18(8-10-19)24-14-20(28)15-29-2/h4-10,13,20,24,28H,3,11-12,14-15H2,1-2H3. The molecule has 8 nitrogen and oxygen atoms in total. The van der Waals surface area contributed by atoms with Gasteiger partial charge in [0.2, 0.25) is 0 Å². The molecule has 1 aromatic heterocycles. The Morgan fingerprint density at radius 1 is 1.16 bits per heavy atom. The van der Waals surface area contributed by atoms with Crippen molar-refractivity contribution in [2.45, 2.75) is 13.0 Å². The van der Waals surface area contributed by atoms with E-state index in [1.54, 1.807) is 23.9 Å². The van der Waals surface area contributed by atoms with Crippen LogP contribution < -0.4 is 10.1 Å². The highest BCUT2D eigenvalue weighted by Gasteiger charge is 2.15. The number of ether oxygens (including phenoxy) is 3. The molecule has 0 saturated carbocycles. The molecular formula is C22H27FN4O4. The molecule has 9 heteroatoms. The monoisotopic (exact) mass is 430 g/mol. The van der Waals surface area contributed by atoms with Crippen LogP contribution in [-0.4, -0.2) is 66.1 Å². The van der Waals surface area contributed by atoms with Crippen LogP contribution in [0.5, 0.6) is 6.01 Å². The second kappa shape index (κ2) is 11.4. The minimum absolute atomic E-state index is 0.184. The maximum absolute atomic E-state index is 13.8. The molecule has 0 aliphatic rings. The number of nitrogens with zero attached hydrogens (tertiary/aromatic N) is 3. The first-order chi connectivity index (χ1) is 15.1. The van der Waals surface area contributed by atoms with Gasteiger partial charge in [0.15, 0.2) is 5.82 Å². The molecule has 166 valence electrons. The number of halogens is 1. The molecule has 0 spiro atoms. The van der Waals surface area contributed by atoms with Crippen LogP contribution in [0.3, 0.4) is 0 Å². The van der Waals surface area contributed by atoms with E-state index in [4.69, 9.17) is 14.2 Å². The zero-order valence-corrected chi connectivity index (χ0v) is 17.6. The Morgan fingerprint density at radius 3 is 2.68 bits per heavy atom. The van der Waals surface area contributed by atoms with E-state index in [0.29, 0.717) is 37.8 Å². The van der Waals surface area contributed by atoms with Gasteiger partial charge in [0, 0.05) is 31.5 Å². The van der Waals surface area contributed by atoms with Crippen molar-refractivity contribution in [3.8, 4) is 23.1 Å². The summed E-state index contributed by atoms with van der Waals surface area (Å²) in [6.07, 6.45) is -0.601. The summed E-state index contributed by atoms with van der Waals surface area (Å²) in [5.74, 6) is 0.0992. The van der Waals surface area contributed by atoms with Crippen LogP contribution >= 0.6 is 0 Å². The summed E-state index contributed by atoms with van der Waals surface area (Å²) < 4.78 is 31.2. The molecule has 1 heterocycles. The molecule has 3 aromatic rings. The van der Waals surface area contributed by atoms with Crippen LogP contribution in [0.2, 0.25) is 0 Å². The van der Waals surface area contributed by atoms with Crippen LogP contribution in [-0.2, 0) is 9.47 Å². The van der Waals surface area contributed by atoms with Crippen molar-refractivity contribution in [3.05, 3.63) is 54.3 Å². The number of anilines is 1. The molecule has 2 aromatic carbocycles. The lowest BCUT2D eigenvalue weighted by Crippen LogP contribution is -2.24. The van der Waals surface area contributed by atoms with Gasteiger partial charge in [-0.15, -0.1) is 5.10 Å². The van der Waals surface area contributed by atoms with E-state index in [1.807, 2.05) is 31.2 Å². The molecule has 0 aliphatic heterocycles. The second-order valence-electron chi connectivity index (χ2n) is 6.72. The predicted molar refractivity (Wildman–Crippen MR) is 115 cm³/mol. The Morgan fingerprint density at radius 2 is 1.97 bits per heavy atom. The van der Waals surface area contributed by atoms with Crippen LogP contribution in [0.1, 0.15) is 6.92 Å². The lowest BCUT2D eigenvalue weighted by Gasteiger charge is -2.12. The third-order valence-electron chi connectivity index (χ3n) is 4.35. The molecule has 0 radical (unpaired) electrons. The first-order valence-electron chi connectivity index (χ1n) is 10.1. The van der Waals surface area contributed by atoms with E-state index >= 15 is 0 Å². The molecular weight excluding hydrogens is 403 g/mol. The average Bonchev–Trinajstić information content (AvgIpc) is 3.20. The summed E-state index contributed by atoms with van der Waals surface area (Å²) in [7, 11) is 1.54. The maximum atomic E-state index is 13.8. The van der Waals surface area contributed by atoms with Gasteiger partial charge in [0.1, 0.15) is 12.4 Å². The number of aromatic nitrogens is 3. The predicted octanol–water partition coefficient (Wildman–Crippen LogP) is 2.91. The number of methoxy groups -OCH3 is 1. The number of aliphatic hydroxyl groups is 1. The largest absolute Gasteiger partial charge is 0.460 e. The van der Waals surface area contributed by atoms with Crippen molar-refractivity contribution >= 4 is 5.69 Å². The summed E-state index contributed by atoms with van der Waals surface area (Å²) in [6.45, 7) is 3.87. The number of hydrogen-bond donors (Lipinski definition) is 2. The number of nitrogens with one attached hydrogen (secondary N) is 1. The normalized spacial score (nSPS) is 12.0. The van der Waals surface area contributed by atoms with Crippen molar-refractivity contribution in [1.82, 2.24) is 14.8 Å². The SMILES string of the molecule is CCOCCOc1nc(-c2cccc(F)c2)n(-c2ccc(NCC(O)COC)cc2)n1. The Bertz CT molecular complexity index is 949. The quantitative estimate of drug-likeness (QED) is 0.427. The van der Waals surface area contributed by atoms with Gasteiger partial charge in [-0.3, -0.25) is 0 Å². The zero-order chi connectivity index (χ0) is 22.1. The van der Waals surface area contributed by atoms with Crippen LogP contribution in [0.25, 0.3) is 17.1 Å². The Balaban J connectivity index is 1.81. The smallest absolute Gasteiger partial charge is 0.336 e. The molecule has 31 heavy (non-hydrogen) atoms. The van der Waals surface area contributed by atoms with Gasteiger partial charge in [-0.25, -0.2) is 9.07 Å².